The standard InChI is InChI=1S/C30H31N3O3/c1-5-36-30(35)26-18-33(23-11-12-23)27-20(3)24(13-14-25(27)28(26)34)22-15-19(2)29(31-16-22)32(4)17-21-9-7-6-8-10-21/h6-10,13-16,18,23H,5,11-12,17H2,1-4H3. The minimum Gasteiger partial charge on any atom is -0.462 e. The molecular weight excluding hydrogens is 450 g/mol. The number of carbonyl (C=O) groups is 1. The summed E-state index contributed by atoms with van der Waals surface area (Å²) in [5.41, 5.74) is 6.09. The molecule has 184 valence electrons. The van der Waals surface area contributed by atoms with E-state index < -0.39 is 5.97 Å². The number of anilines is 1. The van der Waals surface area contributed by atoms with Crippen LogP contribution in [0.1, 0.15) is 52.9 Å². The van der Waals surface area contributed by atoms with Crippen molar-refractivity contribution in [2.45, 2.75) is 46.2 Å². The fourth-order valence-electron chi connectivity index (χ4n) is 4.98. The van der Waals surface area contributed by atoms with E-state index in [1.54, 1.807) is 13.1 Å². The molecule has 6 heteroatoms. The topological polar surface area (TPSA) is 64.4 Å². The van der Waals surface area contributed by atoms with E-state index in [0.29, 0.717) is 11.4 Å². The van der Waals surface area contributed by atoms with Gasteiger partial charge in [-0.15, -0.1) is 0 Å². The van der Waals surface area contributed by atoms with Crippen molar-refractivity contribution in [3.8, 4) is 11.1 Å². The predicted octanol–water partition coefficient (Wildman–Crippen LogP) is 5.83. The molecule has 0 unspecified atom stereocenters. The van der Waals surface area contributed by atoms with Crippen LogP contribution in [0.4, 0.5) is 5.82 Å². The van der Waals surface area contributed by atoms with Crippen molar-refractivity contribution < 1.29 is 9.53 Å². The number of pyridine rings is 2. The van der Waals surface area contributed by atoms with Gasteiger partial charge in [0.25, 0.3) is 0 Å². The Balaban J connectivity index is 1.56. The largest absolute Gasteiger partial charge is 0.462 e. The molecule has 0 amide bonds. The summed E-state index contributed by atoms with van der Waals surface area (Å²) >= 11 is 0. The van der Waals surface area contributed by atoms with Gasteiger partial charge < -0.3 is 14.2 Å². The van der Waals surface area contributed by atoms with E-state index in [0.717, 1.165) is 53.0 Å². The SMILES string of the molecule is CCOC(=O)c1cn(C2CC2)c2c(C)c(-c3cnc(N(C)Cc4ccccc4)c(C)c3)ccc2c1=O. The molecule has 0 saturated heterocycles. The number of fused-ring (bicyclic) bond motifs is 1. The Morgan fingerprint density at radius 3 is 2.56 bits per heavy atom. The van der Waals surface area contributed by atoms with Crippen LogP contribution in [0.15, 0.2) is 65.7 Å². The van der Waals surface area contributed by atoms with Crippen LogP contribution < -0.4 is 10.3 Å². The summed E-state index contributed by atoms with van der Waals surface area (Å²) in [6.07, 6.45) is 5.67. The van der Waals surface area contributed by atoms with Crippen molar-refractivity contribution in [1.29, 1.82) is 0 Å². The van der Waals surface area contributed by atoms with Crippen molar-refractivity contribution in [3.63, 3.8) is 0 Å². The second kappa shape index (κ2) is 9.61. The minimum atomic E-state index is -0.560. The zero-order chi connectivity index (χ0) is 25.4. The molecule has 0 spiro atoms. The number of ether oxygens (including phenoxy) is 1. The van der Waals surface area contributed by atoms with Gasteiger partial charge in [0.1, 0.15) is 11.4 Å². The van der Waals surface area contributed by atoms with Gasteiger partial charge in [-0.1, -0.05) is 36.4 Å². The van der Waals surface area contributed by atoms with Gasteiger partial charge >= 0.3 is 5.97 Å². The molecule has 1 aliphatic rings. The molecule has 1 saturated carbocycles. The number of hydrogen-bond donors (Lipinski definition) is 0. The van der Waals surface area contributed by atoms with E-state index in [1.807, 2.05) is 43.5 Å². The van der Waals surface area contributed by atoms with Crippen LogP contribution in [0.25, 0.3) is 22.0 Å². The third-order valence-electron chi connectivity index (χ3n) is 6.87. The molecule has 5 rings (SSSR count). The first-order valence-corrected chi connectivity index (χ1v) is 12.5. The maximum Gasteiger partial charge on any atom is 0.343 e. The van der Waals surface area contributed by atoms with Gasteiger partial charge in [-0.25, -0.2) is 9.78 Å². The Morgan fingerprint density at radius 1 is 1.14 bits per heavy atom. The number of carbonyl (C=O) groups excluding carboxylic acids is 1. The first-order valence-electron chi connectivity index (χ1n) is 12.5. The number of esters is 1. The first kappa shape index (κ1) is 23.8. The van der Waals surface area contributed by atoms with Crippen LogP contribution in [0, 0.1) is 13.8 Å². The molecule has 0 bridgehead atoms. The van der Waals surface area contributed by atoms with E-state index in [1.165, 1.54) is 5.56 Å². The van der Waals surface area contributed by atoms with Crippen molar-refractivity contribution >= 4 is 22.7 Å². The molecular formula is C30H31N3O3. The van der Waals surface area contributed by atoms with Crippen LogP contribution >= 0.6 is 0 Å². The lowest BCUT2D eigenvalue weighted by molar-refractivity contribution is 0.0524. The summed E-state index contributed by atoms with van der Waals surface area (Å²) in [6, 6.07) is 16.6. The zero-order valence-electron chi connectivity index (χ0n) is 21.2. The summed E-state index contributed by atoms with van der Waals surface area (Å²) in [5.74, 6) is 0.380. The lowest BCUT2D eigenvalue weighted by atomic mass is 9.96. The Bertz CT molecular complexity index is 1500. The molecule has 36 heavy (non-hydrogen) atoms. The molecule has 2 aromatic carbocycles. The van der Waals surface area contributed by atoms with Crippen molar-refractivity contribution in [2.24, 2.45) is 0 Å². The molecule has 2 aromatic heterocycles. The summed E-state index contributed by atoms with van der Waals surface area (Å²) in [5, 5.41) is 0.553. The predicted molar refractivity (Wildman–Crippen MR) is 144 cm³/mol. The number of benzene rings is 2. The monoisotopic (exact) mass is 481 g/mol. The third-order valence-corrected chi connectivity index (χ3v) is 6.87. The summed E-state index contributed by atoms with van der Waals surface area (Å²) in [4.78, 5) is 32.7. The average molecular weight is 482 g/mol. The smallest absolute Gasteiger partial charge is 0.343 e. The van der Waals surface area contributed by atoms with Crippen molar-refractivity contribution in [1.82, 2.24) is 9.55 Å². The fourth-order valence-corrected chi connectivity index (χ4v) is 4.98. The van der Waals surface area contributed by atoms with E-state index in [-0.39, 0.29) is 17.6 Å². The highest BCUT2D eigenvalue weighted by molar-refractivity contribution is 5.96. The normalized spacial score (nSPS) is 13.1. The number of hydrogen-bond acceptors (Lipinski definition) is 5. The van der Waals surface area contributed by atoms with E-state index >= 15 is 0 Å². The van der Waals surface area contributed by atoms with Crippen molar-refractivity contribution in [3.05, 3.63) is 93.4 Å². The van der Waals surface area contributed by atoms with Gasteiger partial charge in [-0.3, -0.25) is 4.79 Å². The van der Waals surface area contributed by atoms with Gasteiger partial charge in [-0.2, -0.15) is 0 Å². The second-order valence-corrected chi connectivity index (χ2v) is 9.57. The molecule has 0 N–H and O–H groups in total. The highest BCUT2D eigenvalue weighted by Crippen LogP contribution is 2.39. The van der Waals surface area contributed by atoms with Crippen LogP contribution in [-0.4, -0.2) is 29.2 Å². The van der Waals surface area contributed by atoms with Crippen LogP contribution in [0.5, 0.6) is 0 Å². The Morgan fingerprint density at radius 2 is 1.89 bits per heavy atom. The van der Waals surface area contributed by atoms with Crippen LogP contribution in [0.3, 0.4) is 0 Å². The molecule has 4 aromatic rings. The van der Waals surface area contributed by atoms with Gasteiger partial charge in [0.15, 0.2) is 0 Å². The fraction of sp³-hybridized carbons (Fsp3) is 0.300. The zero-order valence-corrected chi connectivity index (χ0v) is 21.2. The summed E-state index contributed by atoms with van der Waals surface area (Å²) < 4.78 is 7.25. The second-order valence-electron chi connectivity index (χ2n) is 9.57. The number of aromatic nitrogens is 2. The lowest BCUT2D eigenvalue weighted by Gasteiger charge is -2.21. The molecule has 0 radical (unpaired) electrons. The summed E-state index contributed by atoms with van der Waals surface area (Å²) in [6.45, 7) is 6.88. The molecule has 1 aliphatic carbocycles. The Labute approximate surface area is 211 Å². The maximum atomic E-state index is 13.2. The Kier molecular flexibility index (Phi) is 6.35. The number of nitrogens with zero attached hydrogens (tertiary/aromatic N) is 3. The quantitative estimate of drug-likeness (QED) is 0.311. The van der Waals surface area contributed by atoms with E-state index in [2.05, 4.69) is 41.6 Å². The van der Waals surface area contributed by atoms with E-state index in [9.17, 15) is 9.59 Å². The lowest BCUT2D eigenvalue weighted by Crippen LogP contribution is -2.21. The van der Waals surface area contributed by atoms with Gasteiger partial charge in [-0.05, 0) is 68.0 Å². The van der Waals surface area contributed by atoms with Crippen LogP contribution in [-0.2, 0) is 11.3 Å². The molecule has 0 atom stereocenters. The number of aryl methyl sites for hydroxylation is 2. The third kappa shape index (κ3) is 4.39. The maximum absolute atomic E-state index is 13.2. The minimum absolute atomic E-state index is 0.103. The first-order chi connectivity index (χ1) is 17.4. The molecule has 0 aliphatic heterocycles. The van der Waals surface area contributed by atoms with Crippen LogP contribution in [0.2, 0.25) is 0 Å². The van der Waals surface area contributed by atoms with E-state index in [4.69, 9.17) is 9.72 Å². The molecule has 1 fully saturated rings. The number of rotatable bonds is 7. The highest BCUT2D eigenvalue weighted by Gasteiger charge is 2.28. The highest BCUT2D eigenvalue weighted by atomic mass is 16.5. The Hall–Kier alpha value is -3.93. The molecule has 6 nitrogen and oxygen atoms in total. The average Bonchev–Trinajstić information content (AvgIpc) is 3.71. The van der Waals surface area contributed by atoms with Gasteiger partial charge in [0.05, 0.1) is 12.1 Å². The molecule has 2 heterocycles. The van der Waals surface area contributed by atoms with Gasteiger partial charge in [0, 0.05) is 43.0 Å². The van der Waals surface area contributed by atoms with Crippen molar-refractivity contribution in [2.75, 3.05) is 18.6 Å². The summed E-state index contributed by atoms with van der Waals surface area (Å²) in [7, 11) is 2.05. The van der Waals surface area contributed by atoms with Gasteiger partial charge in [0.2, 0.25) is 5.43 Å².